The maximum atomic E-state index is 10.5. The van der Waals surface area contributed by atoms with Crippen LogP contribution in [-0.4, -0.2) is 11.9 Å². The number of amides is 1. The highest BCUT2D eigenvalue weighted by atomic mass is 16.1. The maximum absolute atomic E-state index is 10.5. The van der Waals surface area contributed by atoms with Crippen LogP contribution in [0.5, 0.6) is 0 Å². The van der Waals surface area contributed by atoms with Gasteiger partial charge in [0.05, 0.1) is 0 Å². The van der Waals surface area contributed by atoms with Crippen molar-refractivity contribution in [3.8, 4) is 0 Å². The fraction of sp³-hybridized carbons (Fsp3) is 0.750. The van der Waals surface area contributed by atoms with Crippen molar-refractivity contribution in [3.63, 3.8) is 0 Å². The first kappa shape index (κ1) is 7.58. The number of hydrogen-bond acceptors (Lipinski definition) is 1. The summed E-state index contributed by atoms with van der Waals surface area (Å²) < 4.78 is 0. The van der Waals surface area contributed by atoms with Crippen LogP contribution in [0, 0.1) is 6.92 Å². The van der Waals surface area contributed by atoms with Crippen molar-refractivity contribution in [2.45, 2.75) is 38.1 Å². The van der Waals surface area contributed by atoms with E-state index in [-0.39, 0.29) is 5.91 Å². The standard InChI is InChI=1S/C8H14NO/c1-7(10)9-8-5-3-2-4-6-8/h8H,1-6H2,(H,9,10). The molecule has 1 saturated carbocycles. The fourth-order valence-electron chi connectivity index (χ4n) is 1.47. The van der Waals surface area contributed by atoms with Crippen LogP contribution >= 0.6 is 0 Å². The Kier molecular flexibility index (Phi) is 2.72. The van der Waals surface area contributed by atoms with Crippen molar-refractivity contribution >= 4 is 5.91 Å². The van der Waals surface area contributed by atoms with E-state index in [1.54, 1.807) is 0 Å². The first-order chi connectivity index (χ1) is 4.79. The SMILES string of the molecule is [CH2]C(=O)NC1CCCCC1. The Bertz CT molecular complexity index is 116. The first-order valence-corrected chi connectivity index (χ1v) is 3.91. The lowest BCUT2D eigenvalue weighted by molar-refractivity contribution is -0.117. The van der Waals surface area contributed by atoms with E-state index in [9.17, 15) is 4.79 Å². The van der Waals surface area contributed by atoms with E-state index in [0.29, 0.717) is 6.04 Å². The summed E-state index contributed by atoms with van der Waals surface area (Å²) in [4.78, 5) is 10.5. The molecule has 57 valence electrons. The highest BCUT2D eigenvalue weighted by Crippen LogP contribution is 2.16. The summed E-state index contributed by atoms with van der Waals surface area (Å²) in [7, 11) is 0. The van der Waals surface area contributed by atoms with Gasteiger partial charge in [0.1, 0.15) is 0 Å². The van der Waals surface area contributed by atoms with Gasteiger partial charge in [-0.15, -0.1) is 0 Å². The van der Waals surface area contributed by atoms with Gasteiger partial charge in [0, 0.05) is 13.0 Å². The van der Waals surface area contributed by atoms with E-state index in [0.717, 1.165) is 12.8 Å². The number of carbonyl (C=O) groups excluding carboxylic acids is 1. The lowest BCUT2D eigenvalue weighted by Gasteiger charge is -2.21. The molecule has 2 nitrogen and oxygen atoms in total. The normalized spacial score (nSPS) is 20.5. The van der Waals surface area contributed by atoms with Gasteiger partial charge in [0.25, 0.3) is 0 Å². The van der Waals surface area contributed by atoms with Gasteiger partial charge in [-0.2, -0.15) is 0 Å². The average Bonchev–Trinajstić information content (AvgIpc) is 1.88. The Morgan fingerprint density at radius 3 is 2.40 bits per heavy atom. The minimum atomic E-state index is -0.132. The number of rotatable bonds is 1. The quantitative estimate of drug-likeness (QED) is 0.584. The van der Waals surface area contributed by atoms with Crippen molar-refractivity contribution in [3.05, 3.63) is 6.92 Å². The molecular formula is C8H14NO. The molecule has 1 aliphatic carbocycles. The third-order valence-corrected chi connectivity index (χ3v) is 1.97. The third kappa shape index (κ3) is 2.38. The van der Waals surface area contributed by atoms with Gasteiger partial charge in [-0.1, -0.05) is 19.3 Å². The maximum Gasteiger partial charge on any atom is 0.220 e. The molecule has 0 saturated heterocycles. The molecule has 1 amide bonds. The van der Waals surface area contributed by atoms with Crippen molar-refractivity contribution in [1.29, 1.82) is 0 Å². The summed E-state index contributed by atoms with van der Waals surface area (Å²) in [6.07, 6.45) is 6.11. The molecule has 1 N–H and O–H groups in total. The molecule has 0 aromatic heterocycles. The molecule has 0 unspecified atom stereocenters. The minimum absolute atomic E-state index is 0.132. The second-order valence-corrected chi connectivity index (χ2v) is 2.90. The highest BCUT2D eigenvalue weighted by molar-refractivity contribution is 5.80. The molecule has 0 aromatic carbocycles. The highest BCUT2D eigenvalue weighted by Gasteiger charge is 2.12. The summed E-state index contributed by atoms with van der Waals surface area (Å²) in [6, 6.07) is 0.416. The summed E-state index contributed by atoms with van der Waals surface area (Å²) in [5.74, 6) is -0.132. The molecule has 2 heteroatoms. The summed E-state index contributed by atoms with van der Waals surface area (Å²) in [6.45, 7) is 3.28. The average molecular weight is 140 g/mol. The van der Waals surface area contributed by atoms with Crippen LogP contribution in [0.25, 0.3) is 0 Å². The van der Waals surface area contributed by atoms with Crippen LogP contribution in [-0.2, 0) is 4.79 Å². The van der Waals surface area contributed by atoms with E-state index in [4.69, 9.17) is 0 Å². The van der Waals surface area contributed by atoms with Crippen LogP contribution in [0.3, 0.4) is 0 Å². The van der Waals surface area contributed by atoms with E-state index in [1.165, 1.54) is 19.3 Å². The van der Waals surface area contributed by atoms with Gasteiger partial charge < -0.3 is 5.32 Å². The van der Waals surface area contributed by atoms with Crippen molar-refractivity contribution in [2.75, 3.05) is 0 Å². The number of nitrogens with one attached hydrogen (secondary N) is 1. The summed E-state index contributed by atoms with van der Waals surface area (Å²) in [5.41, 5.74) is 0. The lowest BCUT2D eigenvalue weighted by atomic mass is 9.95. The second kappa shape index (κ2) is 3.59. The van der Waals surface area contributed by atoms with Crippen molar-refractivity contribution < 1.29 is 4.79 Å². The zero-order chi connectivity index (χ0) is 7.40. The lowest BCUT2D eigenvalue weighted by Crippen LogP contribution is -2.34. The first-order valence-electron chi connectivity index (χ1n) is 3.91. The number of carbonyl (C=O) groups is 1. The van der Waals surface area contributed by atoms with E-state index < -0.39 is 0 Å². The molecule has 1 radical (unpaired) electrons. The molecular weight excluding hydrogens is 126 g/mol. The van der Waals surface area contributed by atoms with Crippen LogP contribution < -0.4 is 5.32 Å². The fourth-order valence-corrected chi connectivity index (χ4v) is 1.47. The van der Waals surface area contributed by atoms with Gasteiger partial charge in [-0.3, -0.25) is 4.79 Å². The predicted octanol–water partition coefficient (Wildman–Crippen LogP) is 1.27. The van der Waals surface area contributed by atoms with Crippen LogP contribution in [0.15, 0.2) is 0 Å². The Hall–Kier alpha value is -0.530. The van der Waals surface area contributed by atoms with Gasteiger partial charge in [0.15, 0.2) is 0 Å². The molecule has 0 aliphatic heterocycles. The molecule has 0 heterocycles. The Labute approximate surface area is 62.0 Å². The largest absolute Gasteiger partial charge is 0.353 e. The molecule has 0 spiro atoms. The zero-order valence-electron chi connectivity index (χ0n) is 6.23. The molecule has 0 aromatic rings. The van der Waals surface area contributed by atoms with Gasteiger partial charge >= 0.3 is 0 Å². The molecule has 1 rings (SSSR count). The van der Waals surface area contributed by atoms with Crippen LogP contribution in [0.2, 0.25) is 0 Å². The van der Waals surface area contributed by atoms with E-state index >= 15 is 0 Å². The zero-order valence-corrected chi connectivity index (χ0v) is 6.23. The van der Waals surface area contributed by atoms with Gasteiger partial charge in [0.2, 0.25) is 5.91 Å². The second-order valence-electron chi connectivity index (χ2n) is 2.90. The predicted molar refractivity (Wildman–Crippen MR) is 40.4 cm³/mol. The topological polar surface area (TPSA) is 29.1 Å². The number of hydrogen-bond donors (Lipinski definition) is 1. The van der Waals surface area contributed by atoms with Crippen LogP contribution in [0.4, 0.5) is 0 Å². The van der Waals surface area contributed by atoms with Gasteiger partial charge in [-0.05, 0) is 12.8 Å². The van der Waals surface area contributed by atoms with Crippen molar-refractivity contribution in [1.82, 2.24) is 5.32 Å². The Morgan fingerprint density at radius 1 is 1.30 bits per heavy atom. The van der Waals surface area contributed by atoms with Crippen molar-refractivity contribution in [2.24, 2.45) is 0 Å². The molecule has 1 aliphatic rings. The van der Waals surface area contributed by atoms with Gasteiger partial charge in [-0.25, -0.2) is 0 Å². The smallest absolute Gasteiger partial charge is 0.220 e. The summed E-state index contributed by atoms with van der Waals surface area (Å²) in [5, 5.41) is 2.83. The molecule has 10 heavy (non-hydrogen) atoms. The molecule has 0 bridgehead atoms. The third-order valence-electron chi connectivity index (χ3n) is 1.97. The minimum Gasteiger partial charge on any atom is -0.353 e. The van der Waals surface area contributed by atoms with E-state index in [2.05, 4.69) is 12.2 Å². The summed E-state index contributed by atoms with van der Waals surface area (Å²) >= 11 is 0. The Morgan fingerprint density at radius 2 is 1.90 bits per heavy atom. The van der Waals surface area contributed by atoms with Crippen LogP contribution in [0.1, 0.15) is 32.1 Å². The Balaban J connectivity index is 2.19. The van der Waals surface area contributed by atoms with E-state index in [1.807, 2.05) is 0 Å². The monoisotopic (exact) mass is 140 g/mol. The molecule has 0 atom stereocenters. The molecule has 1 fully saturated rings.